The van der Waals surface area contributed by atoms with Gasteiger partial charge in [0.1, 0.15) is 5.65 Å². The maximum absolute atomic E-state index is 13.5. The zero-order valence-electron chi connectivity index (χ0n) is 19.7. The van der Waals surface area contributed by atoms with Gasteiger partial charge in [-0.2, -0.15) is 18.2 Å². The standard InChI is InChI=1S/C26H25F3N6O/c1-33-12-14-34(15-13-33)21-9-7-20(8-10-21)31-25-30-16-18-6-11-23(36)35(24(18)32-25)17-19-4-2-3-5-22(19)26(27,28)29/h2-11,16H,12-15,17H2,1H3,(H,30,31,32). The Bertz CT molecular complexity index is 1430. The zero-order chi connectivity index (χ0) is 25.3. The Morgan fingerprint density at radius 2 is 1.67 bits per heavy atom. The Labute approximate surface area is 205 Å². The molecule has 0 unspecified atom stereocenters. The lowest BCUT2D eigenvalue weighted by Crippen LogP contribution is -2.44. The summed E-state index contributed by atoms with van der Waals surface area (Å²) in [4.78, 5) is 26.1. The Morgan fingerprint density at radius 3 is 2.39 bits per heavy atom. The SMILES string of the molecule is CN1CCN(c2ccc(Nc3ncc4ccc(=O)n(Cc5ccccc5C(F)(F)F)c4n3)cc2)CC1. The van der Waals surface area contributed by atoms with Gasteiger partial charge in [-0.05, 0) is 49.0 Å². The van der Waals surface area contributed by atoms with Gasteiger partial charge in [-0.15, -0.1) is 0 Å². The van der Waals surface area contributed by atoms with Gasteiger partial charge in [0, 0.05) is 55.2 Å². The number of piperazine rings is 1. The molecule has 10 heteroatoms. The molecule has 0 bridgehead atoms. The highest BCUT2D eigenvalue weighted by Gasteiger charge is 2.33. The van der Waals surface area contributed by atoms with Crippen LogP contribution in [0.1, 0.15) is 11.1 Å². The van der Waals surface area contributed by atoms with Crippen molar-refractivity contribution >= 4 is 28.4 Å². The summed E-state index contributed by atoms with van der Waals surface area (Å²) in [6, 6.07) is 16.0. The monoisotopic (exact) mass is 494 g/mol. The quantitative estimate of drug-likeness (QED) is 0.445. The molecular weight excluding hydrogens is 469 g/mol. The third kappa shape index (κ3) is 5.03. The Hall–Kier alpha value is -3.92. The average Bonchev–Trinajstić information content (AvgIpc) is 2.86. The number of halogens is 3. The highest BCUT2D eigenvalue weighted by atomic mass is 19.4. The van der Waals surface area contributed by atoms with E-state index in [1.54, 1.807) is 12.3 Å². The van der Waals surface area contributed by atoms with E-state index in [9.17, 15) is 18.0 Å². The molecule has 1 N–H and O–H groups in total. The molecule has 3 heterocycles. The fraction of sp³-hybridized carbons (Fsp3) is 0.269. The van der Waals surface area contributed by atoms with Crippen LogP contribution in [0.4, 0.5) is 30.5 Å². The van der Waals surface area contributed by atoms with Crippen molar-refractivity contribution in [2.45, 2.75) is 12.7 Å². The molecule has 7 nitrogen and oxygen atoms in total. The molecular formula is C26H25F3N6O. The maximum atomic E-state index is 13.5. The topological polar surface area (TPSA) is 66.3 Å². The van der Waals surface area contributed by atoms with Gasteiger partial charge >= 0.3 is 6.18 Å². The molecule has 1 aliphatic heterocycles. The van der Waals surface area contributed by atoms with Crippen molar-refractivity contribution in [3.8, 4) is 0 Å². The molecule has 0 atom stereocenters. The lowest BCUT2D eigenvalue weighted by atomic mass is 10.1. The van der Waals surface area contributed by atoms with Crippen LogP contribution < -0.4 is 15.8 Å². The molecule has 0 amide bonds. The summed E-state index contributed by atoms with van der Waals surface area (Å²) in [5, 5.41) is 3.69. The molecule has 1 saturated heterocycles. The number of likely N-dealkylation sites (N-methyl/N-ethyl adjacent to an activating group) is 1. The van der Waals surface area contributed by atoms with Crippen molar-refractivity contribution < 1.29 is 13.2 Å². The molecule has 0 saturated carbocycles. The Morgan fingerprint density at radius 1 is 0.944 bits per heavy atom. The fourth-order valence-electron chi connectivity index (χ4n) is 4.34. The van der Waals surface area contributed by atoms with Crippen LogP contribution >= 0.6 is 0 Å². The summed E-state index contributed by atoms with van der Waals surface area (Å²) in [6.07, 6.45) is -2.97. The van der Waals surface area contributed by atoms with E-state index in [0.717, 1.165) is 43.6 Å². The van der Waals surface area contributed by atoms with Crippen molar-refractivity contribution in [3.63, 3.8) is 0 Å². The van der Waals surface area contributed by atoms with E-state index in [1.165, 1.54) is 28.8 Å². The first-order chi connectivity index (χ1) is 17.3. The first-order valence-electron chi connectivity index (χ1n) is 11.6. The van der Waals surface area contributed by atoms with Crippen molar-refractivity contribution in [2.75, 3.05) is 43.4 Å². The van der Waals surface area contributed by atoms with Gasteiger partial charge in [0.2, 0.25) is 5.95 Å². The summed E-state index contributed by atoms with van der Waals surface area (Å²) in [5.74, 6) is 0.248. The minimum atomic E-state index is -4.53. The third-order valence-electron chi connectivity index (χ3n) is 6.37. The van der Waals surface area contributed by atoms with Crippen molar-refractivity contribution in [3.05, 3.63) is 88.3 Å². The second-order valence-corrected chi connectivity index (χ2v) is 8.85. The van der Waals surface area contributed by atoms with E-state index in [-0.39, 0.29) is 23.7 Å². The van der Waals surface area contributed by atoms with Crippen LogP contribution in [-0.2, 0) is 12.7 Å². The van der Waals surface area contributed by atoms with Crippen LogP contribution in [-0.4, -0.2) is 52.7 Å². The summed E-state index contributed by atoms with van der Waals surface area (Å²) < 4.78 is 41.8. The van der Waals surface area contributed by atoms with Gasteiger partial charge in [0.15, 0.2) is 0 Å². The van der Waals surface area contributed by atoms with Gasteiger partial charge in [-0.25, -0.2) is 4.98 Å². The van der Waals surface area contributed by atoms with Gasteiger partial charge < -0.3 is 15.1 Å². The number of rotatable bonds is 5. The molecule has 4 aromatic rings. The number of alkyl halides is 3. The minimum Gasteiger partial charge on any atom is -0.369 e. The van der Waals surface area contributed by atoms with E-state index >= 15 is 0 Å². The average molecular weight is 495 g/mol. The number of aromatic nitrogens is 3. The van der Waals surface area contributed by atoms with Crippen LogP contribution in [0.3, 0.4) is 0 Å². The summed E-state index contributed by atoms with van der Waals surface area (Å²) in [7, 11) is 2.11. The highest BCUT2D eigenvalue weighted by molar-refractivity contribution is 5.76. The first-order valence-corrected chi connectivity index (χ1v) is 11.6. The number of nitrogens with one attached hydrogen (secondary N) is 1. The second kappa shape index (κ2) is 9.62. The van der Waals surface area contributed by atoms with Gasteiger partial charge in [-0.3, -0.25) is 9.36 Å². The Balaban J connectivity index is 1.42. The molecule has 0 spiro atoms. The molecule has 1 aliphatic rings. The lowest BCUT2D eigenvalue weighted by molar-refractivity contribution is -0.138. The van der Waals surface area contributed by atoms with Crippen molar-refractivity contribution in [1.82, 2.24) is 19.4 Å². The van der Waals surface area contributed by atoms with Crippen LogP contribution in [0.15, 0.2) is 71.7 Å². The third-order valence-corrected chi connectivity index (χ3v) is 6.37. The minimum absolute atomic E-state index is 0.00721. The number of nitrogens with zero attached hydrogens (tertiary/aromatic N) is 5. The number of fused-ring (bicyclic) bond motifs is 1. The maximum Gasteiger partial charge on any atom is 0.416 e. The predicted molar refractivity (Wildman–Crippen MR) is 134 cm³/mol. The van der Waals surface area contributed by atoms with Crippen LogP contribution in [0.5, 0.6) is 0 Å². The first kappa shape index (κ1) is 23.8. The molecule has 0 radical (unpaired) electrons. The summed E-state index contributed by atoms with van der Waals surface area (Å²) >= 11 is 0. The number of pyridine rings is 1. The van der Waals surface area contributed by atoms with E-state index < -0.39 is 17.3 Å². The molecule has 2 aromatic carbocycles. The molecule has 36 heavy (non-hydrogen) atoms. The summed E-state index contributed by atoms with van der Waals surface area (Å²) in [6.45, 7) is 3.69. The number of hydrogen-bond acceptors (Lipinski definition) is 6. The van der Waals surface area contributed by atoms with E-state index in [0.29, 0.717) is 5.39 Å². The van der Waals surface area contributed by atoms with Crippen LogP contribution in [0.2, 0.25) is 0 Å². The molecule has 2 aromatic heterocycles. The number of benzene rings is 2. The van der Waals surface area contributed by atoms with E-state index in [2.05, 4.69) is 32.1 Å². The number of hydrogen-bond donors (Lipinski definition) is 1. The fourth-order valence-corrected chi connectivity index (χ4v) is 4.34. The zero-order valence-corrected chi connectivity index (χ0v) is 19.7. The molecule has 186 valence electrons. The number of anilines is 3. The molecule has 1 fully saturated rings. The van der Waals surface area contributed by atoms with Gasteiger partial charge in [0.25, 0.3) is 5.56 Å². The molecule has 0 aliphatic carbocycles. The highest BCUT2D eigenvalue weighted by Crippen LogP contribution is 2.32. The largest absolute Gasteiger partial charge is 0.416 e. The predicted octanol–water partition coefficient (Wildman–Crippen LogP) is 4.35. The molecule has 5 rings (SSSR count). The second-order valence-electron chi connectivity index (χ2n) is 8.85. The van der Waals surface area contributed by atoms with E-state index in [1.807, 2.05) is 24.3 Å². The lowest BCUT2D eigenvalue weighted by Gasteiger charge is -2.34. The van der Waals surface area contributed by atoms with Gasteiger partial charge in [0.05, 0.1) is 12.1 Å². The van der Waals surface area contributed by atoms with Crippen LogP contribution in [0.25, 0.3) is 11.0 Å². The smallest absolute Gasteiger partial charge is 0.369 e. The normalized spacial score (nSPS) is 14.8. The van der Waals surface area contributed by atoms with Crippen LogP contribution in [0, 0.1) is 0 Å². The Kier molecular flexibility index (Phi) is 6.36. The van der Waals surface area contributed by atoms with Crippen molar-refractivity contribution in [2.24, 2.45) is 0 Å². The summed E-state index contributed by atoms with van der Waals surface area (Å²) in [5.41, 5.74) is 0.922. The van der Waals surface area contributed by atoms with E-state index in [4.69, 9.17) is 0 Å². The van der Waals surface area contributed by atoms with Gasteiger partial charge in [-0.1, -0.05) is 18.2 Å². The van der Waals surface area contributed by atoms with Crippen molar-refractivity contribution in [1.29, 1.82) is 0 Å².